The molecule has 1 aliphatic rings. The van der Waals surface area contributed by atoms with E-state index in [1.807, 2.05) is 0 Å². The molecule has 9 heteroatoms. The summed E-state index contributed by atoms with van der Waals surface area (Å²) in [6.45, 7) is 7.52. The third-order valence-corrected chi connectivity index (χ3v) is 5.18. The molecule has 0 radical (unpaired) electrons. The van der Waals surface area contributed by atoms with Crippen molar-refractivity contribution in [2.24, 2.45) is 11.7 Å². The Morgan fingerprint density at radius 1 is 1.36 bits per heavy atom. The lowest BCUT2D eigenvalue weighted by Gasteiger charge is -2.28. The van der Waals surface area contributed by atoms with E-state index in [4.69, 9.17) is 28.6 Å². The van der Waals surface area contributed by atoms with E-state index in [1.165, 1.54) is 7.11 Å². The quantitative estimate of drug-likeness (QED) is 0.591. The zero-order chi connectivity index (χ0) is 20.3. The molecule has 1 aromatic carbocycles. The third-order valence-electron chi connectivity index (χ3n) is 4.93. The summed E-state index contributed by atoms with van der Waals surface area (Å²) in [7, 11) is 1.35. The highest BCUT2D eigenvalue weighted by atomic mass is 35.5. The number of primary amides is 1. The van der Waals surface area contributed by atoms with Crippen LogP contribution in [-0.2, 0) is 9.53 Å². The van der Waals surface area contributed by atoms with Crippen molar-refractivity contribution >= 4 is 35.0 Å². The van der Waals surface area contributed by atoms with Crippen LogP contribution in [0.4, 0.5) is 11.5 Å². The number of hydrogen-bond acceptors (Lipinski definition) is 5. The van der Waals surface area contributed by atoms with Gasteiger partial charge in [0.05, 0.1) is 13.0 Å². The standard InChI is InChI=1S/C19H20ClN5O3/c1-22-15-9-11(19(27)28-2)3-8-16(15)25-10-14(17(21)26)18(24-25)23-13-6-4-12(20)5-7-13/h4-7,10-11,15-16H,3,8-9H2,2H3,(H2,21,26)(H,23,24)/t11-,15-,16-/m0/s1. The van der Waals surface area contributed by atoms with Crippen LogP contribution in [0.15, 0.2) is 30.5 Å². The van der Waals surface area contributed by atoms with Gasteiger partial charge in [-0.2, -0.15) is 5.10 Å². The van der Waals surface area contributed by atoms with Crippen LogP contribution in [0, 0.1) is 12.5 Å². The number of hydrogen-bond donors (Lipinski definition) is 2. The van der Waals surface area contributed by atoms with Gasteiger partial charge in [0.15, 0.2) is 5.82 Å². The van der Waals surface area contributed by atoms with Crippen LogP contribution in [0.2, 0.25) is 5.02 Å². The summed E-state index contributed by atoms with van der Waals surface area (Å²) >= 11 is 5.90. The number of nitrogens with one attached hydrogen (secondary N) is 1. The van der Waals surface area contributed by atoms with Gasteiger partial charge in [0.1, 0.15) is 11.6 Å². The van der Waals surface area contributed by atoms with Crippen LogP contribution < -0.4 is 11.1 Å². The number of amides is 1. The van der Waals surface area contributed by atoms with Gasteiger partial charge >= 0.3 is 5.97 Å². The van der Waals surface area contributed by atoms with Gasteiger partial charge in [-0.1, -0.05) is 11.6 Å². The molecule has 1 amide bonds. The number of nitrogens with zero attached hydrogens (tertiary/aromatic N) is 3. The Bertz CT molecular complexity index is 919. The second-order valence-corrected chi connectivity index (χ2v) is 7.10. The Kier molecular flexibility index (Phi) is 5.85. The average Bonchev–Trinajstić information content (AvgIpc) is 3.12. The van der Waals surface area contributed by atoms with E-state index in [1.54, 1.807) is 35.1 Å². The predicted octanol–water partition coefficient (Wildman–Crippen LogP) is 3.18. The lowest BCUT2D eigenvalue weighted by Crippen LogP contribution is -2.33. The number of anilines is 2. The number of rotatable bonds is 5. The molecule has 1 aliphatic carbocycles. The number of halogens is 1. The normalized spacial score (nSPS) is 21.5. The van der Waals surface area contributed by atoms with Crippen LogP contribution in [-0.4, -0.2) is 34.8 Å². The fourth-order valence-corrected chi connectivity index (χ4v) is 3.59. The molecule has 0 bridgehead atoms. The highest BCUT2D eigenvalue weighted by Gasteiger charge is 2.40. The molecule has 2 aromatic rings. The van der Waals surface area contributed by atoms with E-state index in [9.17, 15) is 9.59 Å². The summed E-state index contributed by atoms with van der Waals surface area (Å²) in [6, 6.07) is 6.26. The number of ether oxygens (including phenoxy) is 1. The van der Waals surface area contributed by atoms with Crippen molar-refractivity contribution in [3.63, 3.8) is 0 Å². The Balaban J connectivity index is 1.86. The van der Waals surface area contributed by atoms with Crippen molar-refractivity contribution in [1.82, 2.24) is 9.78 Å². The first-order valence-electron chi connectivity index (χ1n) is 8.79. The second-order valence-electron chi connectivity index (χ2n) is 6.66. The smallest absolute Gasteiger partial charge is 0.308 e. The molecule has 3 N–H and O–H groups in total. The van der Waals surface area contributed by atoms with E-state index in [2.05, 4.69) is 15.3 Å². The molecule has 146 valence electrons. The van der Waals surface area contributed by atoms with Gasteiger partial charge in [-0.05, 0) is 37.1 Å². The summed E-state index contributed by atoms with van der Waals surface area (Å²) in [5.41, 5.74) is 6.44. The minimum Gasteiger partial charge on any atom is -0.469 e. The number of carbonyl (C=O) groups excluding carboxylic acids is 2. The number of carbonyl (C=O) groups is 2. The maximum absolute atomic E-state index is 11.9. The zero-order valence-corrected chi connectivity index (χ0v) is 16.0. The van der Waals surface area contributed by atoms with E-state index in [0.29, 0.717) is 35.8 Å². The van der Waals surface area contributed by atoms with Crippen LogP contribution in [0.1, 0.15) is 35.7 Å². The second kappa shape index (κ2) is 8.31. The molecule has 8 nitrogen and oxygen atoms in total. The first-order valence-corrected chi connectivity index (χ1v) is 9.16. The molecule has 0 saturated heterocycles. The maximum Gasteiger partial charge on any atom is 0.308 e. The number of benzene rings is 1. The summed E-state index contributed by atoms with van der Waals surface area (Å²) in [5, 5.41) is 8.13. The van der Waals surface area contributed by atoms with Crippen molar-refractivity contribution in [2.45, 2.75) is 31.3 Å². The van der Waals surface area contributed by atoms with Crippen LogP contribution in [0.25, 0.3) is 4.85 Å². The largest absolute Gasteiger partial charge is 0.469 e. The Labute approximate surface area is 167 Å². The van der Waals surface area contributed by atoms with Crippen molar-refractivity contribution in [1.29, 1.82) is 0 Å². The maximum atomic E-state index is 11.9. The summed E-state index contributed by atoms with van der Waals surface area (Å²) < 4.78 is 6.41. The first kappa shape index (κ1) is 19.7. The monoisotopic (exact) mass is 401 g/mol. The fourth-order valence-electron chi connectivity index (χ4n) is 3.46. The number of esters is 1. The van der Waals surface area contributed by atoms with Crippen molar-refractivity contribution < 1.29 is 14.3 Å². The lowest BCUT2D eigenvalue weighted by atomic mass is 9.82. The van der Waals surface area contributed by atoms with E-state index in [-0.39, 0.29) is 23.5 Å². The lowest BCUT2D eigenvalue weighted by molar-refractivity contribution is -0.146. The highest BCUT2D eigenvalue weighted by Crippen LogP contribution is 2.36. The minimum absolute atomic E-state index is 0.230. The molecule has 1 aromatic heterocycles. The SMILES string of the molecule is [C-]#[N+][C@H]1C[C@@H](C(=O)OC)CC[C@@H]1n1cc(C(N)=O)c(Nc2ccc(Cl)cc2)n1. The van der Waals surface area contributed by atoms with Crippen molar-refractivity contribution in [2.75, 3.05) is 12.4 Å². The van der Waals surface area contributed by atoms with Crippen molar-refractivity contribution in [3.05, 3.63) is 52.5 Å². The Hall–Kier alpha value is -3.05. The summed E-state index contributed by atoms with van der Waals surface area (Å²) in [5.74, 6) is -0.896. The molecular formula is C19H20ClN5O3. The van der Waals surface area contributed by atoms with E-state index < -0.39 is 11.9 Å². The average molecular weight is 402 g/mol. The number of aromatic nitrogens is 2. The molecule has 0 spiro atoms. The number of methoxy groups -OCH3 is 1. The minimum atomic E-state index is -0.620. The van der Waals surface area contributed by atoms with E-state index in [0.717, 1.165) is 0 Å². The predicted molar refractivity (Wildman–Crippen MR) is 104 cm³/mol. The Morgan fingerprint density at radius 2 is 2.07 bits per heavy atom. The summed E-state index contributed by atoms with van der Waals surface area (Å²) in [6.07, 6.45) is 3.12. The molecule has 1 fully saturated rings. The van der Waals surface area contributed by atoms with Gasteiger partial charge in [0, 0.05) is 23.3 Å². The summed E-state index contributed by atoms with van der Waals surface area (Å²) in [4.78, 5) is 27.4. The molecule has 0 aliphatic heterocycles. The van der Waals surface area contributed by atoms with Crippen LogP contribution in [0.3, 0.4) is 0 Å². The van der Waals surface area contributed by atoms with Crippen molar-refractivity contribution in [3.8, 4) is 0 Å². The van der Waals surface area contributed by atoms with Crippen LogP contribution >= 0.6 is 11.6 Å². The molecule has 3 atom stereocenters. The van der Waals surface area contributed by atoms with Gasteiger partial charge in [0.2, 0.25) is 6.04 Å². The molecule has 3 rings (SSSR count). The molecule has 0 unspecified atom stereocenters. The molecule has 28 heavy (non-hydrogen) atoms. The van der Waals surface area contributed by atoms with Gasteiger partial charge in [0.25, 0.3) is 5.91 Å². The van der Waals surface area contributed by atoms with Gasteiger partial charge in [-0.25, -0.2) is 6.57 Å². The third kappa shape index (κ3) is 4.10. The fraction of sp³-hybridized carbons (Fsp3) is 0.368. The molecular weight excluding hydrogens is 382 g/mol. The first-order chi connectivity index (χ1) is 13.4. The zero-order valence-electron chi connectivity index (χ0n) is 15.3. The molecule has 1 saturated carbocycles. The topological polar surface area (TPSA) is 104 Å². The van der Waals surface area contributed by atoms with Gasteiger partial charge < -0.3 is 20.6 Å². The Morgan fingerprint density at radius 3 is 2.68 bits per heavy atom. The van der Waals surface area contributed by atoms with Crippen LogP contribution in [0.5, 0.6) is 0 Å². The number of nitrogens with two attached hydrogens (primary N) is 1. The van der Waals surface area contributed by atoms with Gasteiger partial charge in [-0.15, -0.1) is 0 Å². The van der Waals surface area contributed by atoms with Gasteiger partial charge in [-0.3, -0.25) is 14.3 Å². The van der Waals surface area contributed by atoms with E-state index >= 15 is 0 Å². The molecule has 1 heterocycles. The highest BCUT2D eigenvalue weighted by molar-refractivity contribution is 6.30.